The predicted molar refractivity (Wildman–Crippen MR) is 108 cm³/mol. The first-order valence-electron chi connectivity index (χ1n) is 8.31. The van der Waals surface area contributed by atoms with E-state index in [0.29, 0.717) is 40.7 Å². The SMILES string of the molecule is Cc1ccc(OCCNC(=O)c2ccc(N(C)S(C)(=O)=O)c(C)c2)cc1Cl. The average molecular weight is 411 g/mol. The summed E-state index contributed by atoms with van der Waals surface area (Å²) in [7, 11) is -1.88. The highest BCUT2D eigenvalue weighted by Gasteiger charge is 2.15. The molecule has 8 heteroatoms. The zero-order chi connectivity index (χ0) is 20.2. The standard InChI is InChI=1S/C19H23ClN2O4S/c1-13-5-7-16(12-17(13)20)26-10-9-21-19(23)15-6-8-18(14(2)11-15)22(3)27(4,24)25/h5-8,11-12H,9-10H2,1-4H3,(H,21,23). The van der Waals surface area contributed by atoms with Gasteiger partial charge in [-0.2, -0.15) is 0 Å². The van der Waals surface area contributed by atoms with E-state index < -0.39 is 10.0 Å². The Morgan fingerprint density at radius 1 is 1.15 bits per heavy atom. The van der Waals surface area contributed by atoms with Crippen molar-refractivity contribution in [3.8, 4) is 5.75 Å². The number of aryl methyl sites for hydroxylation is 2. The summed E-state index contributed by atoms with van der Waals surface area (Å²) >= 11 is 6.04. The molecule has 2 aromatic carbocycles. The van der Waals surface area contributed by atoms with Crippen LogP contribution in [0.2, 0.25) is 5.02 Å². The third-order valence-electron chi connectivity index (χ3n) is 4.10. The molecule has 0 saturated heterocycles. The largest absolute Gasteiger partial charge is 0.492 e. The minimum absolute atomic E-state index is 0.253. The Morgan fingerprint density at radius 3 is 2.44 bits per heavy atom. The van der Waals surface area contributed by atoms with E-state index in [4.69, 9.17) is 16.3 Å². The third kappa shape index (κ3) is 5.61. The number of hydrogen-bond acceptors (Lipinski definition) is 4. The Hall–Kier alpha value is -2.25. The molecule has 2 rings (SSSR count). The lowest BCUT2D eigenvalue weighted by Crippen LogP contribution is -2.29. The first-order valence-corrected chi connectivity index (χ1v) is 10.5. The van der Waals surface area contributed by atoms with E-state index in [-0.39, 0.29) is 5.91 Å². The average Bonchev–Trinajstić information content (AvgIpc) is 2.60. The number of ether oxygens (including phenoxy) is 1. The summed E-state index contributed by atoms with van der Waals surface area (Å²) in [5, 5.41) is 3.40. The second-order valence-electron chi connectivity index (χ2n) is 6.25. The maximum atomic E-state index is 12.3. The van der Waals surface area contributed by atoms with E-state index in [1.165, 1.54) is 11.4 Å². The van der Waals surface area contributed by atoms with Crippen molar-refractivity contribution in [2.75, 3.05) is 30.8 Å². The van der Waals surface area contributed by atoms with Gasteiger partial charge in [-0.3, -0.25) is 9.10 Å². The Morgan fingerprint density at radius 2 is 1.85 bits per heavy atom. The summed E-state index contributed by atoms with van der Waals surface area (Å²) in [6.45, 7) is 4.30. The van der Waals surface area contributed by atoms with E-state index in [1.807, 2.05) is 19.1 Å². The molecule has 1 amide bonds. The molecule has 0 spiro atoms. The van der Waals surface area contributed by atoms with Gasteiger partial charge in [0.25, 0.3) is 5.91 Å². The summed E-state index contributed by atoms with van der Waals surface area (Å²) in [6.07, 6.45) is 1.13. The molecule has 6 nitrogen and oxygen atoms in total. The minimum Gasteiger partial charge on any atom is -0.492 e. The molecule has 27 heavy (non-hydrogen) atoms. The highest BCUT2D eigenvalue weighted by atomic mass is 35.5. The van der Waals surface area contributed by atoms with Gasteiger partial charge in [-0.15, -0.1) is 0 Å². The molecule has 0 aliphatic carbocycles. The van der Waals surface area contributed by atoms with Crippen LogP contribution in [-0.4, -0.2) is 40.8 Å². The summed E-state index contributed by atoms with van der Waals surface area (Å²) in [5.74, 6) is 0.390. The molecular weight excluding hydrogens is 388 g/mol. The van der Waals surface area contributed by atoms with Crippen LogP contribution in [-0.2, 0) is 10.0 Å². The maximum Gasteiger partial charge on any atom is 0.251 e. The van der Waals surface area contributed by atoms with Crippen LogP contribution in [0.25, 0.3) is 0 Å². The third-order valence-corrected chi connectivity index (χ3v) is 5.69. The molecule has 0 bridgehead atoms. The first-order chi connectivity index (χ1) is 12.6. The highest BCUT2D eigenvalue weighted by Crippen LogP contribution is 2.23. The lowest BCUT2D eigenvalue weighted by molar-refractivity contribution is 0.0947. The van der Waals surface area contributed by atoms with E-state index in [0.717, 1.165) is 11.8 Å². The molecule has 0 heterocycles. The molecule has 1 N–H and O–H groups in total. The number of sulfonamides is 1. The Bertz CT molecular complexity index is 945. The van der Waals surface area contributed by atoms with Gasteiger partial charge in [-0.25, -0.2) is 8.42 Å². The van der Waals surface area contributed by atoms with Crippen LogP contribution >= 0.6 is 11.6 Å². The van der Waals surface area contributed by atoms with Gasteiger partial charge in [0.05, 0.1) is 18.5 Å². The van der Waals surface area contributed by atoms with Crippen LogP contribution in [0.1, 0.15) is 21.5 Å². The van der Waals surface area contributed by atoms with Gasteiger partial charge >= 0.3 is 0 Å². The molecule has 0 fully saturated rings. The van der Waals surface area contributed by atoms with Gasteiger partial charge in [0.2, 0.25) is 10.0 Å². The van der Waals surface area contributed by atoms with Crippen LogP contribution < -0.4 is 14.4 Å². The summed E-state index contributed by atoms with van der Waals surface area (Å²) < 4.78 is 30.1. The van der Waals surface area contributed by atoms with E-state index in [1.54, 1.807) is 31.2 Å². The summed E-state index contributed by atoms with van der Waals surface area (Å²) in [6, 6.07) is 10.3. The Balaban J connectivity index is 1.92. The van der Waals surface area contributed by atoms with Crippen molar-refractivity contribution in [3.05, 3.63) is 58.1 Å². The topological polar surface area (TPSA) is 75.7 Å². The number of rotatable bonds is 7. The van der Waals surface area contributed by atoms with Crippen LogP contribution in [0.4, 0.5) is 5.69 Å². The first kappa shape index (κ1) is 21.1. The number of nitrogens with zero attached hydrogens (tertiary/aromatic N) is 1. The fraction of sp³-hybridized carbons (Fsp3) is 0.316. The van der Waals surface area contributed by atoms with Crippen molar-refractivity contribution in [3.63, 3.8) is 0 Å². The molecule has 0 radical (unpaired) electrons. The quantitative estimate of drug-likeness (QED) is 0.711. The number of nitrogens with one attached hydrogen (secondary N) is 1. The second-order valence-corrected chi connectivity index (χ2v) is 8.67. The van der Waals surface area contributed by atoms with Crippen molar-refractivity contribution in [2.45, 2.75) is 13.8 Å². The predicted octanol–water partition coefficient (Wildman–Crippen LogP) is 3.16. The zero-order valence-electron chi connectivity index (χ0n) is 15.7. The fourth-order valence-corrected chi connectivity index (χ4v) is 3.16. The van der Waals surface area contributed by atoms with Crippen LogP contribution in [0.15, 0.2) is 36.4 Å². The van der Waals surface area contributed by atoms with E-state index >= 15 is 0 Å². The molecule has 0 aromatic heterocycles. The van der Waals surface area contributed by atoms with Crippen molar-refractivity contribution >= 4 is 33.2 Å². The lowest BCUT2D eigenvalue weighted by atomic mass is 10.1. The van der Waals surface area contributed by atoms with Gasteiger partial charge < -0.3 is 10.1 Å². The Kier molecular flexibility index (Phi) is 6.73. The van der Waals surface area contributed by atoms with Crippen LogP contribution in [0.3, 0.4) is 0 Å². The smallest absolute Gasteiger partial charge is 0.251 e. The Labute approximate surface area is 165 Å². The van der Waals surface area contributed by atoms with Crippen molar-refractivity contribution in [1.82, 2.24) is 5.32 Å². The number of benzene rings is 2. The number of carbonyl (C=O) groups is 1. The molecular formula is C19H23ClN2O4S. The van der Waals surface area contributed by atoms with Crippen LogP contribution in [0, 0.1) is 13.8 Å². The van der Waals surface area contributed by atoms with Crippen LogP contribution in [0.5, 0.6) is 5.75 Å². The molecule has 2 aromatic rings. The summed E-state index contributed by atoms with van der Waals surface area (Å²) in [5.41, 5.74) is 2.66. The van der Waals surface area contributed by atoms with Gasteiger partial charge in [0.15, 0.2) is 0 Å². The van der Waals surface area contributed by atoms with Crippen molar-refractivity contribution in [2.24, 2.45) is 0 Å². The number of anilines is 1. The van der Waals surface area contributed by atoms with Gasteiger partial charge in [-0.05, 0) is 55.3 Å². The fourth-order valence-electron chi connectivity index (χ4n) is 2.43. The summed E-state index contributed by atoms with van der Waals surface area (Å²) in [4.78, 5) is 12.3. The maximum absolute atomic E-state index is 12.3. The van der Waals surface area contributed by atoms with E-state index in [2.05, 4.69) is 5.32 Å². The molecule has 0 atom stereocenters. The molecule has 0 saturated carbocycles. The van der Waals surface area contributed by atoms with Crippen molar-refractivity contribution < 1.29 is 17.9 Å². The monoisotopic (exact) mass is 410 g/mol. The van der Waals surface area contributed by atoms with Gasteiger partial charge in [-0.1, -0.05) is 17.7 Å². The molecule has 0 aliphatic rings. The molecule has 0 aliphatic heterocycles. The lowest BCUT2D eigenvalue weighted by Gasteiger charge is -2.19. The normalized spacial score (nSPS) is 11.1. The number of halogens is 1. The van der Waals surface area contributed by atoms with Gasteiger partial charge in [0.1, 0.15) is 12.4 Å². The number of carbonyl (C=O) groups excluding carboxylic acids is 1. The van der Waals surface area contributed by atoms with E-state index in [9.17, 15) is 13.2 Å². The number of hydrogen-bond donors (Lipinski definition) is 1. The molecule has 146 valence electrons. The highest BCUT2D eigenvalue weighted by molar-refractivity contribution is 7.92. The number of amides is 1. The zero-order valence-corrected chi connectivity index (χ0v) is 17.3. The van der Waals surface area contributed by atoms with Gasteiger partial charge in [0, 0.05) is 17.6 Å². The second kappa shape index (κ2) is 8.63. The minimum atomic E-state index is -3.35. The van der Waals surface area contributed by atoms with Crippen molar-refractivity contribution in [1.29, 1.82) is 0 Å². The molecule has 0 unspecified atom stereocenters.